The van der Waals surface area contributed by atoms with Crippen LogP contribution in [0.15, 0.2) is 23.7 Å². The molecule has 8 nitrogen and oxygen atoms in total. The highest BCUT2D eigenvalue weighted by atomic mass is 127. The number of hydrogen-bond acceptors (Lipinski definition) is 4. The minimum Gasteiger partial charge on any atom is -0.356 e. The standard InChI is InChI=1S/C15H26N8.HI/c1-13-17-8-10-23(13)9-6-5-7-18-15(16-2)21(3)11-14-19-12-20-22(14)4;/h8,10,12H,5-7,9,11H2,1-4H3,(H,16,18);1H. The molecule has 0 spiro atoms. The van der Waals surface area contributed by atoms with Gasteiger partial charge >= 0.3 is 0 Å². The van der Waals surface area contributed by atoms with E-state index in [-0.39, 0.29) is 24.0 Å². The Balaban J connectivity index is 0.00000288. The number of hydrogen-bond donors (Lipinski definition) is 1. The number of unbranched alkanes of at least 4 members (excludes halogenated alkanes) is 1. The van der Waals surface area contributed by atoms with Crippen LogP contribution in [0.2, 0.25) is 0 Å². The molecule has 2 heterocycles. The molecule has 0 atom stereocenters. The third-order valence-electron chi connectivity index (χ3n) is 3.79. The third-order valence-corrected chi connectivity index (χ3v) is 3.79. The fraction of sp³-hybridized carbons (Fsp3) is 0.600. The lowest BCUT2D eigenvalue weighted by molar-refractivity contribution is 0.446. The van der Waals surface area contributed by atoms with Gasteiger partial charge in [-0.15, -0.1) is 24.0 Å². The highest BCUT2D eigenvalue weighted by Crippen LogP contribution is 2.00. The third kappa shape index (κ3) is 5.77. The molecular formula is C15H27IN8. The van der Waals surface area contributed by atoms with Gasteiger partial charge < -0.3 is 14.8 Å². The van der Waals surface area contributed by atoms with E-state index < -0.39 is 0 Å². The van der Waals surface area contributed by atoms with Crippen LogP contribution in [0.3, 0.4) is 0 Å². The summed E-state index contributed by atoms with van der Waals surface area (Å²) in [5.41, 5.74) is 0. The van der Waals surface area contributed by atoms with E-state index in [1.54, 1.807) is 18.1 Å². The summed E-state index contributed by atoms with van der Waals surface area (Å²) in [6.45, 7) is 4.59. The first kappa shape index (κ1) is 20.4. The summed E-state index contributed by atoms with van der Waals surface area (Å²) in [4.78, 5) is 14.8. The normalized spacial score (nSPS) is 11.2. The summed E-state index contributed by atoms with van der Waals surface area (Å²) in [6, 6.07) is 0. The molecule has 9 heteroatoms. The Morgan fingerprint density at radius 1 is 1.33 bits per heavy atom. The first-order valence-corrected chi connectivity index (χ1v) is 7.84. The molecule has 134 valence electrons. The minimum absolute atomic E-state index is 0. The number of aliphatic imine (C=N–C) groups is 1. The van der Waals surface area contributed by atoms with Crippen molar-refractivity contribution in [3.63, 3.8) is 0 Å². The van der Waals surface area contributed by atoms with Crippen LogP contribution in [0.1, 0.15) is 24.5 Å². The average Bonchev–Trinajstić information content (AvgIpc) is 3.12. The zero-order valence-corrected chi connectivity index (χ0v) is 17.1. The second-order valence-corrected chi connectivity index (χ2v) is 5.50. The molecule has 2 rings (SSSR count). The van der Waals surface area contributed by atoms with Crippen molar-refractivity contribution in [3.05, 3.63) is 30.4 Å². The summed E-state index contributed by atoms with van der Waals surface area (Å²) >= 11 is 0. The number of aryl methyl sites for hydroxylation is 3. The largest absolute Gasteiger partial charge is 0.356 e. The molecule has 2 aromatic heterocycles. The van der Waals surface area contributed by atoms with E-state index in [9.17, 15) is 0 Å². The minimum atomic E-state index is 0. The fourth-order valence-electron chi connectivity index (χ4n) is 2.38. The van der Waals surface area contributed by atoms with Gasteiger partial charge in [0, 0.05) is 46.6 Å². The van der Waals surface area contributed by atoms with Gasteiger partial charge in [-0.1, -0.05) is 0 Å². The molecule has 0 unspecified atom stereocenters. The molecule has 0 saturated carbocycles. The molecule has 0 radical (unpaired) electrons. The molecule has 2 aromatic rings. The Bertz CT molecular complexity index is 633. The Kier molecular flexibility index (Phi) is 8.72. The lowest BCUT2D eigenvalue weighted by Crippen LogP contribution is -2.39. The van der Waals surface area contributed by atoms with Gasteiger partial charge in [-0.05, 0) is 19.8 Å². The topological polar surface area (TPSA) is 76.2 Å². The molecule has 0 fully saturated rings. The van der Waals surface area contributed by atoms with Crippen LogP contribution >= 0.6 is 24.0 Å². The lowest BCUT2D eigenvalue weighted by Gasteiger charge is -2.21. The molecular weight excluding hydrogens is 419 g/mol. The van der Waals surface area contributed by atoms with Crippen molar-refractivity contribution in [1.82, 2.24) is 34.5 Å². The maximum Gasteiger partial charge on any atom is 0.193 e. The molecule has 0 aliphatic rings. The molecule has 0 aromatic carbocycles. The van der Waals surface area contributed by atoms with E-state index in [2.05, 4.69) is 29.9 Å². The molecule has 0 saturated heterocycles. The van der Waals surface area contributed by atoms with E-state index in [0.717, 1.165) is 43.5 Å². The molecule has 24 heavy (non-hydrogen) atoms. The van der Waals surface area contributed by atoms with Crippen molar-refractivity contribution in [1.29, 1.82) is 0 Å². The SMILES string of the molecule is CN=C(NCCCCn1ccnc1C)N(C)Cc1ncnn1C.I. The predicted octanol–water partition coefficient (Wildman–Crippen LogP) is 1.43. The molecule has 0 amide bonds. The highest BCUT2D eigenvalue weighted by molar-refractivity contribution is 14.0. The number of aromatic nitrogens is 5. The lowest BCUT2D eigenvalue weighted by atomic mass is 10.3. The van der Waals surface area contributed by atoms with Crippen LogP contribution in [0, 0.1) is 6.92 Å². The van der Waals surface area contributed by atoms with Crippen LogP contribution in [-0.2, 0) is 20.1 Å². The summed E-state index contributed by atoms with van der Waals surface area (Å²) in [6.07, 6.45) is 7.62. The van der Waals surface area contributed by atoms with Crippen molar-refractivity contribution >= 4 is 29.9 Å². The van der Waals surface area contributed by atoms with Crippen LogP contribution < -0.4 is 5.32 Å². The zero-order valence-electron chi connectivity index (χ0n) is 14.8. The van der Waals surface area contributed by atoms with Gasteiger partial charge in [0.1, 0.15) is 18.0 Å². The molecule has 0 aliphatic heterocycles. The summed E-state index contributed by atoms with van der Waals surface area (Å²) in [5.74, 6) is 2.84. The van der Waals surface area contributed by atoms with E-state index >= 15 is 0 Å². The first-order valence-electron chi connectivity index (χ1n) is 7.84. The smallest absolute Gasteiger partial charge is 0.193 e. The number of nitrogens with zero attached hydrogens (tertiary/aromatic N) is 7. The van der Waals surface area contributed by atoms with Crippen LogP contribution in [0.4, 0.5) is 0 Å². The Hall–Kier alpha value is -1.65. The van der Waals surface area contributed by atoms with Crippen molar-refractivity contribution in [2.45, 2.75) is 32.9 Å². The quantitative estimate of drug-likeness (QED) is 0.302. The van der Waals surface area contributed by atoms with Gasteiger partial charge in [0.15, 0.2) is 5.96 Å². The number of imidazole rings is 1. The summed E-state index contributed by atoms with van der Waals surface area (Å²) < 4.78 is 3.95. The van der Waals surface area contributed by atoms with Crippen molar-refractivity contribution in [2.24, 2.45) is 12.0 Å². The van der Waals surface area contributed by atoms with E-state index in [1.807, 2.05) is 38.3 Å². The van der Waals surface area contributed by atoms with Crippen LogP contribution in [0.25, 0.3) is 0 Å². The zero-order chi connectivity index (χ0) is 16.7. The number of halogens is 1. The monoisotopic (exact) mass is 446 g/mol. The fourth-order valence-corrected chi connectivity index (χ4v) is 2.38. The van der Waals surface area contributed by atoms with Crippen molar-refractivity contribution in [2.75, 3.05) is 20.6 Å². The van der Waals surface area contributed by atoms with Crippen molar-refractivity contribution < 1.29 is 0 Å². The van der Waals surface area contributed by atoms with Crippen LogP contribution in [-0.4, -0.2) is 55.8 Å². The Labute approximate surface area is 160 Å². The Morgan fingerprint density at radius 2 is 2.12 bits per heavy atom. The van der Waals surface area contributed by atoms with Gasteiger partial charge in [0.25, 0.3) is 0 Å². The maximum absolute atomic E-state index is 4.32. The maximum atomic E-state index is 4.32. The van der Waals surface area contributed by atoms with E-state index in [4.69, 9.17) is 0 Å². The predicted molar refractivity (Wildman–Crippen MR) is 105 cm³/mol. The van der Waals surface area contributed by atoms with Crippen molar-refractivity contribution in [3.8, 4) is 0 Å². The summed E-state index contributed by atoms with van der Waals surface area (Å²) in [7, 11) is 5.69. The van der Waals surface area contributed by atoms with Gasteiger partial charge in [0.05, 0.1) is 6.54 Å². The van der Waals surface area contributed by atoms with Crippen LogP contribution in [0.5, 0.6) is 0 Å². The first-order chi connectivity index (χ1) is 11.1. The van der Waals surface area contributed by atoms with E-state index in [0.29, 0.717) is 6.54 Å². The number of guanidine groups is 1. The van der Waals surface area contributed by atoms with Gasteiger partial charge in [-0.2, -0.15) is 5.10 Å². The van der Waals surface area contributed by atoms with Gasteiger partial charge in [-0.25, -0.2) is 9.97 Å². The molecule has 0 bridgehead atoms. The molecule has 1 N–H and O–H groups in total. The second-order valence-electron chi connectivity index (χ2n) is 5.50. The second kappa shape index (κ2) is 10.3. The number of nitrogens with one attached hydrogen (secondary N) is 1. The average molecular weight is 446 g/mol. The summed E-state index contributed by atoms with van der Waals surface area (Å²) in [5, 5.41) is 7.47. The van der Waals surface area contributed by atoms with Gasteiger partial charge in [-0.3, -0.25) is 9.67 Å². The van der Waals surface area contributed by atoms with Gasteiger partial charge in [0.2, 0.25) is 0 Å². The number of rotatable bonds is 7. The van der Waals surface area contributed by atoms with E-state index in [1.165, 1.54) is 0 Å². The highest BCUT2D eigenvalue weighted by Gasteiger charge is 2.09. The Morgan fingerprint density at radius 3 is 2.71 bits per heavy atom. The molecule has 0 aliphatic carbocycles.